The van der Waals surface area contributed by atoms with E-state index in [1.54, 1.807) is 17.0 Å². The number of benzene rings is 1. The number of hydrogen-bond acceptors (Lipinski definition) is 4. The zero-order valence-electron chi connectivity index (χ0n) is 14.2. The van der Waals surface area contributed by atoms with Crippen molar-refractivity contribution < 1.29 is 13.9 Å². The van der Waals surface area contributed by atoms with Crippen LogP contribution >= 0.6 is 11.3 Å². The smallest absolute Gasteiger partial charge is 0.260 e. The molecule has 130 valence electrons. The fourth-order valence-electron chi connectivity index (χ4n) is 2.55. The molecule has 1 aromatic carbocycles. The summed E-state index contributed by atoms with van der Waals surface area (Å²) in [5, 5.41) is 0.666. The summed E-state index contributed by atoms with van der Waals surface area (Å²) < 4.78 is 19.7. The Bertz CT molecular complexity index is 873. The quantitative estimate of drug-likeness (QED) is 0.658. The SMILES string of the molecule is CCN(CC)C(=O)COc1cc2nc(-c3ccc(F)cc3)ccc2s1. The number of thiophene rings is 1. The van der Waals surface area contributed by atoms with Gasteiger partial charge in [-0.3, -0.25) is 4.79 Å². The number of nitrogens with zero attached hydrogens (tertiary/aromatic N) is 2. The minimum absolute atomic E-state index is 0.0255. The number of amides is 1. The van der Waals surface area contributed by atoms with E-state index in [0.29, 0.717) is 18.2 Å². The molecule has 0 fully saturated rings. The molecule has 2 heterocycles. The van der Waals surface area contributed by atoms with E-state index in [2.05, 4.69) is 4.98 Å². The van der Waals surface area contributed by atoms with Gasteiger partial charge in [-0.1, -0.05) is 11.3 Å². The molecule has 0 bridgehead atoms. The lowest BCUT2D eigenvalue weighted by Gasteiger charge is -2.18. The first-order valence-corrected chi connectivity index (χ1v) is 8.99. The average molecular weight is 358 g/mol. The van der Waals surface area contributed by atoms with E-state index in [1.807, 2.05) is 32.0 Å². The first-order valence-electron chi connectivity index (χ1n) is 8.17. The second-order valence-corrected chi connectivity index (χ2v) is 6.55. The Kier molecular flexibility index (Phi) is 5.28. The van der Waals surface area contributed by atoms with Gasteiger partial charge in [0.25, 0.3) is 5.91 Å². The molecule has 0 aliphatic rings. The van der Waals surface area contributed by atoms with E-state index >= 15 is 0 Å². The molecule has 3 rings (SSSR count). The first-order chi connectivity index (χ1) is 12.1. The number of hydrogen-bond donors (Lipinski definition) is 0. The van der Waals surface area contributed by atoms with Crippen LogP contribution in [0.2, 0.25) is 0 Å². The third-order valence-electron chi connectivity index (χ3n) is 3.95. The Balaban J connectivity index is 1.76. The molecule has 2 aromatic heterocycles. The molecule has 0 saturated heterocycles. The number of ether oxygens (including phenoxy) is 1. The molecule has 0 saturated carbocycles. The maximum absolute atomic E-state index is 13.1. The molecule has 3 aromatic rings. The summed E-state index contributed by atoms with van der Waals surface area (Å²) >= 11 is 1.46. The van der Waals surface area contributed by atoms with E-state index in [0.717, 1.165) is 21.5 Å². The molecule has 0 aliphatic heterocycles. The highest BCUT2D eigenvalue weighted by Crippen LogP contribution is 2.32. The molecule has 0 atom stereocenters. The van der Waals surface area contributed by atoms with Crippen LogP contribution in [0.1, 0.15) is 13.8 Å². The summed E-state index contributed by atoms with van der Waals surface area (Å²) in [4.78, 5) is 18.4. The van der Waals surface area contributed by atoms with Crippen molar-refractivity contribution in [2.45, 2.75) is 13.8 Å². The van der Waals surface area contributed by atoms with Gasteiger partial charge in [-0.15, -0.1) is 0 Å². The molecule has 0 N–H and O–H groups in total. The zero-order chi connectivity index (χ0) is 17.8. The molecule has 1 amide bonds. The van der Waals surface area contributed by atoms with Crippen LogP contribution in [-0.2, 0) is 4.79 Å². The van der Waals surface area contributed by atoms with Crippen LogP contribution in [0.5, 0.6) is 5.06 Å². The zero-order valence-corrected chi connectivity index (χ0v) is 15.0. The molecule has 0 unspecified atom stereocenters. The van der Waals surface area contributed by atoms with Crippen LogP contribution in [0.4, 0.5) is 4.39 Å². The maximum Gasteiger partial charge on any atom is 0.260 e. The predicted molar refractivity (Wildman–Crippen MR) is 98.4 cm³/mol. The van der Waals surface area contributed by atoms with Gasteiger partial charge in [0.15, 0.2) is 11.7 Å². The van der Waals surface area contributed by atoms with E-state index < -0.39 is 0 Å². The monoisotopic (exact) mass is 358 g/mol. The fourth-order valence-corrected chi connectivity index (χ4v) is 3.40. The van der Waals surface area contributed by atoms with Crippen molar-refractivity contribution in [2.24, 2.45) is 0 Å². The number of likely N-dealkylation sites (N-methyl/N-ethyl adjacent to an activating group) is 1. The van der Waals surface area contributed by atoms with Gasteiger partial charge >= 0.3 is 0 Å². The lowest BCUT2D eigenvalue weighted by Crippen LogP contribution is -2.34. The molecular weight excluding hydrogens is 339 g/mol. The second-order valence-electron chi connectivity index (χ2n) is 5.51. The summed E-state index contributed by atoms with van der Waals surface area (Å²) in [5.74, 6) is -0.295. The number of carbonyl (C=O) groups excluding carboxylic acids is 1. The highest BCUT2D eigenvalue weighted by Gasteiger charge is 2.12. The van der Waals surface area contributed by atoms with Gasteiger partial charge in [0, 0.05) is 24.7 Å². The van der Waals surface area contributed by atoms with Gasteiger partial charge in [0.1, 0.15) is 5.82 Å². The first kappa shape index (κ1) is 17.4. The van der Waals surface area contributed by atoms with E-state index in [4.69, 9.17) is 4.74 Å². The van der Waals surface area contributed by atoms with Crippen LogP contribution in [0, 0.1) is 5.82 Å². The predicted octanol–water partition coefficient (Wildman–Crippen LogP) is 4.35. The lowest BCUT2D eigenvalue weighted by atomic mass is 10.1. The van der Waals surface area contributed by atoms with Gasteiger partial charge < -0.3 is 9.64 Å². The van der Waals surface area contributed by atoms with Crippen molar-refractivity contribution >= 4 is 27.5 Å². The summed E-state index contributed by atoms with van der Waals surface area (Å²) in [6, 6.07) is 11.9. The minimum Gasteiger partial charge on any atom is -0.474 e. The van der Waals surface area contributed by atoms with Gasteiger partial charge in [-0.2, -0.15) is 0 Å². The van der Waals surface area contributed by atoms with Crippen molar-refractivity contribution in [3.05, 3.63) is 48.3 Å². The topological polar surface area (TPSA) is 42.4 Å². The fraction of sp³-hybridized carbons (Fsp3) is 0.263. The van der Waals surface area contributed by atoms with E-state index in [9.17, 15) is 9.18 Å². The number of rotatable bonds is 6. The minimum atomic E-state index is -0.270. The third-order valence-corrected chi connectivity index (χ3v) is 4.95. The molecule has 6 heteroatoms. The Morgan fingerprint density at radius 2 is 1.88 bits per heavy atom. The van der Waals surface area contributed by atoms with Crippen molar-refractivity contribution in [3.8, 4) is 16.3 Å². The number of fused-ring (bicyclic) bond motifs is 1. The summed E-state index contributed by atoms with van der Waals surface area (Å²) in [7, 11) is 0. The second kappa shape index (κ2) is 7.61. The van der Waals surface area contributed by atoms with Gasteiger partial charge in [-0.25, -0.2) is 9.37 Å². The molecule has 4 nitrogen and oxygen atoms in total. The Morgan fingerprint density at radius 3 is 2.56 bits per heavy atom. The summed E-state index contributed by atoms with van der Waals surface area (Å²) in [6.45, 7) is 5.27. The van der Waals surface area contributed by atoms with Crippen LogP contribution in [0.15, 0.2) is 42.5 Å². The Morgan fingerprint density at radius 1 is 1.16 bits per heavy atom. The van der Waals surface area contributed by atoms with Gasteiger partial charge in [0.05, 0.1) is 15.9 Å². The Labute approximate surface area is 149 Å². The molecule has 0 radical (unpaired) electrons. The van der Waals surface area contributed by atoms with Crippen molar-refractivity contribution in [1.29, 1.82) is 0 Å². The van der Waals surface area contributed by atoms with E-state index in [-0.39, 0.29) is 18.3 Å². The Hall–Kier alpha value is -2.47. The normalized spacial score (nSPS) is 10.8. The van der Waals surface area contributed by atoms with Gasteiger partial charge in [-0.05, 0) is 50.2 Å². The highest BCUT2D eigenvalue weighted by molar-refractivity contribution is 7.20. The van der Waals surface area contributed by atoms with Crippen molar-refractivity contribution in [3.63, 3.8) is 0 Å². The maximum atomic E-state index is 13.1. The van der Waals surface area contributed by atoms with Crippen LogP contribution < -0.4 is 4.74 Å². The van der Waals surface area contributed by atoms with Crippen molar-refractivity contribution in [2.75, 3.05) is 19.7 Å². The number of halogens is 1. The van der Waals surface area contributed by atoms with Crippen LogP contribution in [0.25, 0.3) is 21.5 Å². The molecule has 25 heavy (non-hydrogen) atoms. The van der Waals surface area contributed by atoms with E-state index in [1.165, 1.54) is 23.5 Å². The van der Waals surface area contributed by atoms with Crippen molar-refractivity contribution in [1.82, 2.24) is 9.88 Å². The number of aromatic nitrogens is 1. The number of pyridine rings is 1. The summed E-state index contributed by atoms with van der Waals surface area (Å²) in [5.41, 5.74) is 2.43. The average Bonchev–Trinajstić information content (AvgIpc) is 3.03. The molecule has 0 aliphatic carbocycles. The lowest BCUT2D eigenvalue weighted by molar-refractivity contribution is -0.132. The van der Waals surface area contributed by atoms with Crippen LogP contribution in [-0.4, -0.2) is 35.5 Å². The standard InChI is InChI=1S/C19H19FN2O2S/c1-3-22(4-2)18(23)12-24-19-11-16-17(25-19)10-9-15(21-16)13-5-7-14(20)8-6-13/h5-11H,3-4,12H2,1-2H3. The van der Waals surface area contributed by atoms with Gasteiger partial charge in [0.2, 0.25) is 0 Å². The largest absolute Gasteiger partial charge is 0.474 e. The third kappa shape index (κ3) is 3.96. The number of carbonyl (C=O) groups is 1. The highest BCUT2D eigenvalue weighted by atomic mass is 32.1. The molecule has 0 spiro atoms. The molecular formula is C19H19FN2O2S. The van der Waals surface area contributed by atoms with Crippen LogP contribution in [0.3, 0.4) is 0 Å². The summed E-state index contributed by atoms with van der Waals surface area (Å²) in [6.07, 6.45) is 0.